The molecule has 0 aromatic rings. The van der Waals surface area contributed by atoms with Gasteiger partial charge in [-0.3, -0.25) is 0 Å². The lowest BCUT2D eigenvalue weighted by molar-refractivity contribution is -0.145. The Balaban J connectivity index is 4.02. The third-order valence-corrected chi connectivity index (χ3v) is 1.37. The highest BCUT2D eigenvalue weighted by atomic mass is 16.6. The molecule has 0 saturated heterocycles. The minimum absolute atomic E-state index is 0.291. The second kappa shape index (κ2) is 5.58. The molecule has 5 nitrogen and oxygen atoms in total. The first-order valence-corrected chi connectivity index (χ1v) is 4.92. The van der Waals surface area contributed by atoms with Crippen LogP contribution in [0.2, 0.25) is 0 Å². The van der Waals surface area contributed by atoms with Gasteiger partial charge in [0, 0.05) is 0 Å². The quantitative estimate of drug-likeness (QED) is 0.727. The Morgan fingerprint density at radius 1 is 1.33 bits per heavy atom. The molecule has 5 heteroatoms. The van der Waals surface area contributed by atoms with Gasteiger partial charge in [0.05, 0.1) is 6.61 Å². The molecule has 0 aliphatic carbocycles. The van der Waals surface area contributed by atoms with Crippen molar-refractivity contribution in [2.75, 3.05) is 6.61 Å². The van der Waals surface area contributed by atoms with E-state index in [4.69, 9.17) is 9.47 Å². The van der Waals surface area contributed by atoms with Gasteiger partial charge in [-0.15, -0.1) is 0 Å². The van der Waals surface area contributed by atoms with Crippen molar-refractivity contribution >= 4 is 12.1 Å². The third kappa shape index (κ3) is 6.76. The standard InChI is InChI=1S/C10H19NO4/c1-6-14-8(12)7(2)11-9(13)15-10(3,4)5/h7H,6H2,1-5H3,(H,11,13). The van der Waals surface area contributed by atoms with Gasteiger partial charge < -0.3 is 14.8 Å². The topological polar surface area (TPSA) is 64.6 Å². The number of hydrogen-bond acceptors (Lipinski definition) is 4. The van der Waals surface area contributed by atoms with Crippen LogP contribution >= 0.6 is 0 Å². The molecule has 0 bridgehead atoms. The molecule has 0 rings (SSSR count). The van der Waals surface area contributed by atoms with Crippen molar-refractivity contribution in [3.8, 4) is 0 Å². The Kier molecular flexibility index (Phi) is 5.11. The molecule has 88 valence electrons. The molecular formula is C10H19NO4. The summed E-state index contributed by atoms with van der Waals surface area (Å²) in [6.45, 7) is 8.80. The average Bonchev–Trinajstić information content (AvgIpc) is 2.00. The summed E-state index contributed by atoms with van der Waals surface area (Å²) in [6, 6.07) is -0.695. The zero-order valence-corrected chi connectivity index (χ0v) is 9.92. The van der Waals surface area contributed by atoms with Crippen LogP contribution in [0, 0.1) is 0 Å². The van der Waals surface area contributed by atoms with Crippen molar-refractivity contribution in [2.24, 2.45) is 0 Å². The zero-order valence-electron chi connectivity index (χ0n) is 9.92. The lowest BCUT2D eigenvalue weighted by atomic mass is 10.2. The summed E-state index contributed by atoms with van der Waals surface area (Å²) in [5.74, 6) is -0.469. The van der Waals surface area contributed by atoms with E-state index in [1.54, 1.807) is 34.6 Å². The highest BCUT2D eigenvalue weighted by Crippen LogP contribution is 2.06. The van der Waals surface area contributed by atoms with Crippen molar-refractivity contribution in [1.29, 1.82) is 0 Å². The second-order valence-corrected chi connectivity index (χ2v) is 4.12. The van der Waals surface area contributed by atoms with Gasteiger partial charge in [0.1, 0.15) is 11.6 Å². The van der Waals surface area contributed by atoms with Crippen LogP contribution in [0.15, 0.2) is 0 Å². The molecule has 0 aliphatic rings. The summed E-state index contributed by atoms with van der Waals surface area (Å²) in [5, 5.41) is 2.39. The lowest BCUT2D eigenvalue weighted by Gasteiger charge is -2.21. The lowest BCUT2D eigenvalue weighted by Crippen LogP contribution is -2.42. The number of carbonyl (C=O) groups excluding carboxylic acids is 2. The number of amides is 1. The maximum Gasteiger partial charge on any atom is 0.408 e. The van der Waals surface area contributed by atoms with E-state index in [1.807, 2.05) is 0 Å². The van der Waals surface area contributed by atoms with Gasteiger partial charge in [-0.2, -0.15) is 0 Å². The highest BCUT2D eigenvalue weighted by Gasteiger charge is 2.21. The van der Waals surface area contributed by atoms with Crippen LogP contribution in [-0.2, 0) is 14.3 Å². The average molecular weight is 217 g/mol. The van der Waals surface area contributed by atoms with Crippen molar-refractivity contribution in [3.05, 3.63) is 0 Å². The van der Waals surface area contributed by atoms with E-state index in [9.17, 15) is 9.59 Å². The van der Waals surface area contributed by atoms with E-state index in [0.717, 1.165) is 0 Å². The monoisotopic (exact) mass is 217 g/mol. The Hall–Kier alpha value is -1.26. The molecule has 0 radical (unpaired) electrons. The van der Waals surface area contributed by atoms with Gasteiger partial charge in [-0.25, -0.2) is 9.59 Å². The predicted molar refractivity (Wildman–Crippen MR) is 55.5 cm³/mol. The minimum Gasteiger partial charge on any atom is -0.464 e. The molecule has 0 spiro atoms. The Bertz CT molecular complexity index is 232. The van der Waals surface area contributed by atoms with Gasteiger partial charge in [0.2, 0.25) is 0 Å². The summed E-state index contributed by atoms with van der Waals surface area (Å²) in [6.07, 6.45) is -0.622. The van der Waals surface area contributed by atoms with Gasteiger partial charge in [0.25, 0.3) is 0 Å². The van der Waals surface area contributed by atoms with E-state index in [-0.39, 0.29) is 0 Å². The number of carbonyl (C=O) groups is 2. The van der Waals surface area contributed by atoms with Crippen molar-refractivity contribution < 1.29 is 19.1 Å². The number of nitrogens with one attached hydrogen (secondary N) is 1. The molecule has 0 saturated carbocycles. The van der Waals surface area contributed by atoms with Gasteiger partial charge in [-0.05, 0) is 34.6 Å². The van der Waals surface area contributed by atoms with E-state index in [1.165, 1.54) is 0 Å². The third-order valence-electron chi connectivity index (χ3n) is 1.37. The molecule has 1 atom stereocenters. The molecule has 1 unspecified atom stereocenters. The molecule has 1 amide bonds. The number of alkyl carbamates (subject to hydrolysis) is 1. The molecule has 0 aromatic heterocycles. The van der Waals surface area contributed by atoms with Crippen LogP contribution < -0.4 is 5.32 Å². The summed E-state index contributed by atoms with van der Waals surface area (Å²) < 4.78 is 9.70. The van der Waals surface area contributed by atoms with Crippen LogP contribution in [0.5, 0.6) is 0 Å². The first-order valence-electron chi connectivity index (χ1n) is 4.92. The zero-order chi connectivity index (χ0) is 12.1. The molecule has 0 heterocycles. The van der Waals surface area contributed by atoms with Crippen LogP contribution in [0.1, 0.15) is 34.6 Å². The molecule has 15 heavy (non-hydrogen) atoms. The largest absolute Gasteiger partial charge is 0.464 e. The molecular weight excluding hydrogens is 198 g/mol. The Morgan fingerprint density at radius 2 is 1.87 bits per heavy atom. The van der Waals surface area contributed by atoms with Gasteiger partial charge in [0.15, 0.2) is 0 Å². The fourth-order valence-corrected chi connectivity index (χ4v) is 0.811. The Morgan fingerprint density at radius 3 is 2.27 bits per heavy atom. The minimum atomic E-state index is -0.695. The summed E-state index contributed by atoms with van der Waals surface area (Å²) in [4.78, 5) is 22.4. The number of ether oxygens (including phenoxy) is 2. The number of rotatable bonds is 3. The predicted octanol–water partition coefficient (Wildman–Crippen LogP) is 1.46. The first-order chi connectivity index (χ1) is 6.76. The summed E-state index contributed by atoms with van der Waals surface area (Å²) in [7, 11) is 0. The highest BCUT2D eigenvalue weighted by molar-refractivity contribution is 5.80. The van der Waals surface area contributed by atoms with Gasteiger partial charge in [-0.1, -0.05) is 0 Å². The molecule has 1 N–H and O–H groups in total. The number of esters is 1. The van der Waals surface area contributed by atoms with Crippen LogP contribution in [0.3, 0.4) is 0 Å². The van der Waals surface area contributed by atoms with Crippen LogP contribution in [-0.4, -0.2) is 30.3 Å². The van der Waals surface area contributed by atoms with E-state index < -0.39 is 23.7 Å². The molecule has 0 aromatic carbocycles. The SMILES string of the molecule is CCOC(=O)C(C)NC(=O)OC(C)(C)C. The maximum atomic E-state index is 11.2. The van der Waals surface area contributed by atoms with Gasteiger partial charge >= 0.3 is 12.1 Å². The normalized spacial score (nSPS) is 12.9. The Labute approximate surface area is 90.1 Å². The number of hydrogen-bond donors (Lipinski definition) is 1. The smallest absolute Gasteiger partial charge is 0.408 e. The van der Waals surface area contributed by atoms with Crippen LogP contribution in [0.25, 0.3) is 0 Å². The van der Waals surface area contributed by atoms with Crippen LogP contribution in [0.4, 0.5) is 4.79 Å². The summed E-state index contributed by atoms with van der Waals surface area (Å²) >= 11 is 0. The van der Waals surface area contributed by atoms with Crippen molar-refractivity contribution in [3.63, 3.8) is 0 Å². The van der Waals surface area contributed by atoms with E-state index in [0.29, 0.717) is 6.61 Å². The fourth-order valence-electron chi connectivity index (χ4n) is 0.811. The first kappa shape index (κ1) is 13.7. The van der Waals surface area contributed by atoms with E-state index in [2.05, 4.69) is 5.32 Å². The molecule has 0 aliphatic heterocycles. The fraction of sp³-hybridized carbons (Fsp3) is 0.800. The summed E-state index contributed by atoms with van der Waals surface area (Å²) in [5.41, 5.74) is -0.571. The van der Waals surface area contributed by atoms with E-state index >= 15 is 0 Å². The second-order valence-electron chi connectivity index (χ2n) is 4.12. The molecule has 0 fully saturated rings. The van der Waals surface area contributed by atoms with Crippen molar-refractivity contribution in [2.45, 2.75) is 46.3 Å². The maximum absolute atomic E-state index is 11.2. The van der Waals surface area contributed by atoms with Crippen molar-refractivity contribution in [1.82, 2.24) is 5.32 Å².